The zero-order valence-electron chi connectivity index (χ0n) is 14.6. The Labute approximate surface area is 147 Å². The number of methoxy groups -OCH3 is 1. The number of rotatable bonds is 5. The molecule has 1 aromatic carbocycles. The van der Waals surface area contributed by atoms with E-state index >= 15 is 0 Å². The van der Waals surface area contributed by atoms with Crippen LogP contribution in [0.3, 0.4) is 0 Å². The first-order chi connectivity index (χ1) is 12.1. The Morgan fingerprint density at radius 1 is 1.20 bits per heavy atom. The van der Waals surface area contributed by atoms with Gasteiger partial charge in [-0.25, -0.2) is 4.98 Å². The number of ether oxygens (including phenoxy) is 1. The average molecular weight is 335 g/mol. The first kappa shape index (κ1) is 16.9. The van der Waals surface area contributed by atoms with Crippen molar-refractivity contribution in [3.63, 3.8) is 0 Å². The zero-order valence-corrected chi connectivity index (χ0v) is 14.6. The van der Waals surface area contributed by atoms with E-state index in [4.69, 9.17) is 4.74 Å². The number of hydrogen-bond acceptors (Lipinski definition) is 4. The standard InChI is InChI=1S/C20H21N3O2/c1-13(2)18-11-16(15-8-4-5-9-17(15)23-18)19(24)22-12-14-7-6-10-21-20(14)25-3/h4-11,13H,12H2,1-3H3,(H,22,24). The molecule has 0 aliphatic rings. The molecule has 0 saturated heterocycles. The molecule has 1 amide bonds. The van der Waals surface area contributed by atoms with Crippen molar-refractivity contribution < 1.29 is 9.53 Å². The molecule has 0 spiro atoms. The van der Waals surface area contributed by atoms with Crippen LogP contribution in [0.4, 0.5) is 0 Å². The lowest BCUT2D eigenvalue weighted by Crippen LogP contribution is -2.24. The number of hydrogen-bond donors (Lipinski definition) is 1. The molecule has 1 N–H and O–H groups in total. The maximum absolute atomic E-state index is 12.8. The Morgan fingerprint density at radius 3 is 2.76 bits per heavy atom. The van der Waals surface area contributed by atoms with E-state index in [0.717, 1.165) is 22.2 Å². The molecule has 128 valence electrons. The predicted molar refractivity (Wildman–Crippen MR) is 97.8 cm³/mol. The third kappa shape index (κ3) is 3.60. The average Bonchev–Trinajstić information content (AvgIpc) is 2.65. The number of pyridine rings is 2. The fourth-order valence-electron chi connectivity index (χ4n) is 2.69. The van der Waals surface area contributed by atoms with Gasteiger partial charge in [-0.1, -0.05) is 38.1 Å². The number of nitrogens with zero attached hydrogens (tertiary/aromatic N) is 2. The van der Waals surface area contributed by atoms with Crippen molar-refractivity contribution in [2.24, 2.45) is 0 Å². The molecule has 0 unspecified atom stereocenters. The van der Waals surface area contributed by atoms with Crippen LogP contribution in [0.15, 0.2) is 48.7 Å². The number of amides is 1. The first-order valence-corrected chi connectivity index (χ1v) is 8.26. The van der Waals surface area contributed by atoms with Gasteiger partial charge < -0.3 is 10.1 Å². The normalized spacial score (nSPS) is 10.9. The van der Waals surface area contributed by atoms with Crippen molar-refractivity contribution in [2.45, 2.75) is 26.3 Å². The summed E-state index contributed by atoms with van der Waals surface area (Å²) in [5, 5.41) is 3.81. The second kappa shape index (κ2) is 7.30. The second-order valence-corrected chi connectivity index (χ2v) is 6.12. The van der Waals surface area contributed by atoms with E-state index in [1.54, 1.807) is 13.3 Å². The summed E-state index contributed by atoms with van der Waals surface area (Å²) < 4.78 is 5.23. The van der Waals surface area contributed by atoms with Gasteiger partial charge in [-0.15, -0.1) is 0 Å². The number of aromatic nitrogens is 2. The molecule has 5 heteroatoms. The minimum absolute atomic E-state index is 0.133. The van der Waals surface area contributed by atoms with Gasteiger partial charge >= 0.3 is 0 Å². The van der Waals surface area contributed by atoms with Gasteiger partial charge in [0.25, 0.3) is 5.91 Å². The van der Waals surface area contributed by atoms with E-state index < -0.39 is 0 Å². The van der Waals surface area contributed by atoms with E-state index in [9.17, 15) is 4.79 Å². The SMILES string of the molecule is COc1ncccc1CNC(=O)c1cc(C(C)C)nc2ccccc12. The summed E-state index contributed by atoms with van der Waals surface area (Å²) in [6.45, 7) is 4.49. The van der Waals surface area contributed by atoms with E-state index in [1.807, 2.05) is 42.5 Å². The van der Waals surface area contributed by atoms with Gasteiger partial charge in [-0.3, -0.25) is 9.78 Å². The number of carbonyl (C=O) groups is 1. The minimum atomic E-state index is -0.133. The molecule has 3 rings (SSSR count). The highest BCUT2D eigenvalue weighted by Crippen LogP contribution is 2.22. The van der Waals surface area contributed by atoms with Gasteiger partial charge in [-0.05, 0) is 24.1 Å². The highest BCUT2D eigenvalue weighted by molar-refractivity contribution is 6.06. The fourth-order valence-corrected chi connectivity index (χ4v) is 2.69. The van der Waals surface area contributed by atoms with E-state index in [1.165, 1.54) is 0 Å². The van der Waals surface area contributed by atoms with Crippen LogP contribution in [0, 0.1) is 0 Å². The largest absolute Gasteiger partial charge is 0.481 e. The van der Waals surface area contributed by atoms with E-state index in [-0.39, 0.29) is 11.8 Å². The monoisotopic (exact) mass is 335 g/mol. The van der Waals surface area contributed by atoms with Crippen LogP contribution >= 0.6 is 0 Å². The third-order valence-electron chi connectivity index (χ3n) is 4.05. The quantitative estimate of drug-likeness (QED) is 0.772. The summed E-state index contributed by atoms with van der Waals surface area (Å²) in [4.78, 5) is 21.6. The summed E-state index contributed by atoms with van der Waals surface area (Å²) >= 11 is 0. The lowest BCUT2D eigenvalue weighted by Gasteiger charge is -2.13. The highest BCUT2D eigenvalue weighted by atomic mass is 16.5. The molecular weight excluding hydrogens is 314 g/mol. The minimum Gasteiger partial charge on any atom is -0.481 e. The molecule has 25 heavy (non-hydrogen) atoms. The molecule has 0 bridgehead atoms. The van der Waals surface area contributed by atoms with Gasteiger partial charge in [0.1, 0.15) is 0 Å². The summed E-state index contributed by atoms with van der Waals surface area (Å²) in [7, 11) is 1.57. The summed E-state index contributed by atoms with van der Waals surface area (Å²) in [5.41, 5.74) is 3.21. The molecule has 2 heterocycles. The first-order valence-electron chi connectivity index (χ1n) is 8.26. The van der Waals surface area contributed by atoms with E-state index in [0.29, 0.717) is 18.0 Å². The molecular formula is C20H21N3O2. The van der Waals surface area contributed by atoms with Crippen LogP contribution in [-0.4, -0.2) is 23.0 Å². The molecule has 0 aliphatic carbocycles. The number of para-hydroxylation sites is 1. The van der Waals surface area contributed by atoms with Gasteiger partial charge in [0.05, 0.1) is 18.2 Å². The molecule has 2 aromatic heterocycles. The third-order valence-corrected chi connectivity index (χ3v) is 4.05. The smallest absolute Gasteiger partial charge is 0.252 e. The van der Waals surface area contributed by atoms with Crippen LogP contribution < -0.4 is 10.1 Å². The Kier molecular flexibility index (Phi) is 4.93. The van der Waals surface area contributed by atoms with Crippen molar-refractivity contribution in [3.05, 3.63) is 65.5 Å². The van der Waals surface area contributed by atoms with Gasteiger partial charge in [0.15, 0.2) is 0 Å². The van der Waals surface area contributed by atoms with Gasteiger partial charge in [0, 0.05) is 29.4 Å². The molecule has 3 aromatic rings. The van der Waals surface area contributed by atoms with E-state index in [2.05, 4.69) is 29.1 Å². The van der Waals surface area contributed by atoms with Crippen LogP contribution in [-0.2, 0) is 6.54 Å². The number of benzene rings is 1. The van der Waals surface area contributed by atoms with Crippen molar-refractivity contribution in [2.75, 3.05) is 7.11 Å². The van der Waals surface area contributed by atoms with Crippen LogP contribution in [0.25, 0.3) is 10.9 Å². The summed E-state index contributed by atoms with van der Waals surface area (Å²) in [5.74, 6) is 0.631. The predicted octanol–water partition coefficient (Wildman–Crippen LogP) is 3.69. The Hall–Kier alpha value is -2.95. The van der Waals surface area contributed by atoms with Crippen molar-refractivity contribution in [1.82, 2.24) is 15.3 Å². The number of carbonyl (C=O) groups excluding carboxylic acids is 1. The lowest BCUT2D eigenvalue weighted by molar-refractivity contribution is 0.0952. The van der Waals surface area contributed by atoms with Crippen LogP contribution in [0.1, 0.15) is 41.4 Å². The Morgan fingerprint density at radius 2 is 2.00 bits per heavy atom. The Bertz CT molecular complexity index is 906. The van der Waals surface area contributed by atoms with Gasteiger partial charge in [-0.2, -0.15) is 0 Å². The topological polar surface area (TPSA) is 64.1 Å². The van der Waals surface area contributed by atoms with Crippen molar-refractivity contribution >= 4 is 16.8 Å². The molecule has 0 atom stereocenters. The highest BCUT2D eigenvalue weighted by Gasteiger charge is 2.15. The number of fused-ring (bicyclic) bond motifs is 1. The van der Waals surface area contributed by atoms with Gasteiger partial charge in [0.2, 0.25) is 5.88 Å². The number of nitrogens with one attached hydrogen (secondary N) is 1. The maximum Gasteiger partial charge on any atom is 0.252 e. The molecule has 0 fully saturated rings. The zero-order chi connectivity index (χ0) is 17.8. The van der Waals surface area contributed by atoms with Crippen LogP contribution in [0.2, 0.25) is 0 Å². The summed E-state index contributed by atoms with van der Waals surface area (Å²) in [6, 6.07) is 13.3. The fraction of sp³-hybridized carbons (Fsp3) is 0.250. The maximum atomic E-state index is 12.8. The molecule has 0 radical (unpaired) electrons. The summed E-state index contributed by atoms with van der Waals surface area (Å²) in [6.07, 6.45) is 1.66. The molecule has 0 saturated carbocycles. The second-order valence-electron chi connectivity index (χ2n) is 6.12. The lowest BCUT2D eigenvalue weighted by atomic mass is 10.0. The Balaban J connectivity index is 1.91. The van der Waals surface area contributed by atoms with Crippen LogP contribution in [0.5, 0.6) is 5.88 Å². The van der Waals surface area contributed by atoms with Crippen molar-refractivity contribution in [3.8, 4) is 5.88 Å². The van der Waals surface area contributed by atoms with Crippen molar-refractivity contribution in [1.29, 1.82) is 0 Å². The molecule has 0 aliphatic heterocycles. The molecule has 5 nitrogen and oxygen atoms in total.